The van der Waals surface area contributed by atoms with E-state index in [0.717, 1.165) is 0 Å². The van der Waals surface area contributed by atoms with E-state index in [1.807, 2.05) is 0 Å². The predicted molar refractivity (Wildman–Crippen MR) is 64.7 cm³/mol. The molecule has 0 aliphatic rings. The fraction of sp³-hybridized carbons (Fsp3) is 0.167. The molecule has 0 radical (unpaired) electrons. The zero-order valence-electron chi connectivity index (χ0n) is 9.75. The Labute approximate surface area is 103 Å². The van der Waals surface area contributed by atoms with Gasteiger partial charge < -0.3 is 15.0 Å². The Morgan fingerprint density at radius 1 is 1.44 bits per heavy atom. The molecule has 0 aliphatic carbocycles. The Morgan fingerprint density at radius 2 is 2.22 bits per heavy atom. The topological polar surface area (TPSA) is 87.5 Å². The number of aryl methyl sites for hydroxylation is 1. The summed E-state index contributed by atoms with van der Waals surface area (Å²) in [5, 5.41) is 0. The van der Waals surface area contributed by atoms with E-state index in [1.54, 1.807) is 31.2 Å². The van der Waals surface area contributed by atoms with E-state index < -0.39 is 11.5 Å². The zero-order chi connectivity index (χ0) is 13.1. The fourth-order valence-electron chi connectivity index (χ4n) is 1.43. The van der Waals surface area contributed by atoms with Crippen molar-refractivity contribution in [1.82, 2.24) is 4.74 Å². The van der Waals surface area contributed by atoms with Crippen molar-refractivity contribution >= 4 is 11.6 Å². The second-order valence-corrected chi connectivity index (χ2v) is 3.73. The van der Waals surface area contributed by atoms with Gasteiger partial charge in [0.2, 0.25) is 0 Å². The van der Waals surface area contributed by atoms with Crippen LogP contribution in [-0.2, 0) is 0 Å². The molecule has 0 saturated carbocycles. The Morgan fingerprint density at radius 3 is 2.83 bits per heavy atom. The lowest BCUT2D eigenvalue weighted by Gasteiger charge is -2.05. The van der Waals surface area contributed by atoms with Gasteiger partial charge >= 0.3 is 5.91 Å². The van der Waals surface area contributed by atoms with Gasteiger partial charge in [-0.15, -0.1) is 0 Å². The fourth-order valence-corrected chi connectivity index (χ4v) is 1.43. The van der Waals surface area contributed by atoms with Crippen LogP contribution in [-0.4, -0.2) is 17.3 Å². The summed E-state index contributed by atoms with van der Waals surface area (Å²) in [6.45, 7) is 1.29. The largest absolute Gasteiger partial charge is 0.484 e. The second kappa shape index (κ2) is 4.79. The van der Waals surface area contributed by atoms with Crippen molar-refractivity contribution in [2.45, 2.75) is 6.92 Å². The minimum atomic E-state index is -0.574. The maximum absolute atomic E-state index is 11.7. The molecule has 1 aromatic heterocycles. The van der Waals surface area contributed by atoms with Crippen LogP contribution in [0.2, 0.25) is 0 Å². The highest BCUT2D eigenvalue weighted by atomic mass is 16.5. The number of hydrogen-bond acceptors (Lipinski definition) is 5. The van der Waals surface area contributed by atoms with Crippen LogP contribution < -0.4 is 16.0 Å². The number of carbonyl (C=O) groups excluding carboxylic acids is 1. The van der Waals surface area contributed by atoms with Crippen molar-refractivity contribution in [1.29, 1.82) is 0 Å². The number of ether oxygens (including phenoxy) is 1. The SMILES string of the molecule is Cc1cc(=O)n(C(=O)COc2cccc(N)c2)o1. The van der Waals surface area contributed by atoms with E-state index in [-0.39, 0.29) is 6.61 Å². The molecule has 0 unspecified atom stereocenters. The molecule has 1 aromatic carbocycles. The zero-order valence-corrected chi connectivity index (χ0v) is 9.75. The molecule has 0 spiro atoms. The van der Waals surface area contributed by atoms with Crippen molar-refractivity contribution < 1.29 is 14.1 Å². The molecule has 1 heterocycles. The van der Waals surface area contributed by atoms with Crippen molar-refractivity contribution in [3.8, 4) is 5.75 Å². The first-order chi connectivity index (χ1) is 8.56. The standard InChI is InChI=1S/C12H12N2O4/c1-8-5-11(15)14(18-8)12(16)7-17-10-4-2-3-9(13)6-10/h2-6H,7,13H2,1H3. The van der Waals surface area contributed by atoms with Crippen LogP contribution in [0.1, 0.15) is 10.6 Å². The van der Waals surface area contributed by atoms with E-state index in [0.29, 0.717) is 21.9 Å². The lowest BCUT2D eigenvalue weighted by Crippen LogP contribution is -2.26. The molecule has 0 aliphatic heterocycles. The molecule has 2 rings (SSSR count). The third kappa shape index (κ3) is 2.60. The average molecular weight is 248 g/mol. The molecule has 18 heavy (non-hydrogen) atoms. The monoisotopic (exact) mass is 248 g/mol. The van der Waals surface area contributed by atoms with Gasteiger partial charge in [0.15, 0.2) is 6.61 Å². The smallest absolute Gasteiger partial charge is 0.300 e. The van der Waals surface area contributed by atoms with Gasteiger partial charge in [0.05, 0.1) is 0 Å². The second-order valence-electron chi connectivity index (χ2n) is 3.73. The van der Waals surface area contributed by atoms with Gasteiger partial charge in [-0.05, 0) is 19.1 Å². The van der Waals surface area contributed by atoms with Gasteiger partial charge in [-0.3, -0.25) is 9.59 Å². The summed E-state index contributed by atoms with van der Waals surface area (Å²) in [7, 11) is 0. The van der Waals surface area contributed by atoms with Crippen LogP contribution in [0.4, 0.5) is 5.69 Å². The van der Waals surface area contributed by atoms with Gasteiger partial charge in [0, 0.05) is 17.8 Å². The summed E-state index contributed by atoms with van der Waals surface area (Å²) in [6, 6.07) is 7.90. The predicted octanol–water partition coefficient (Wildman–Crippen LogP) is 1.05. The van der Waals surface area contributed by atoms with Gasteiger partial charge in [0.25, 0.3) is 5.56 Å². The van der Waals surface area contributed by atoms with E-state index in [9.17, 15) is 9.59 Å². The quantitative estimate of drug-likeness (QED) is 0.820. The van der Waals surface area contributed by atoms with Gasteiger partial charge in [-0.2, -0.15) is 0 Å². The summed E-state index contributed by atoms with van der Waals surface area (Å²) >= 11 is 0. The molecule has 0 atom stereocenters. The van der Waals surface area contributed by atoms with Gasteiger partial charge in [-0.1, -0.05) is 10.8 Å². The van der Waals surface area contributed by atoms with E-state index in [1.165, 1.54) is 6.07 Å². The molecule has 0 saturated heterocycles. The van der Waals surface area contributed by atoms with Crippen molar-refractivity contribution in [2.75, 3.05) is 12.3 Å². The number of carbonyl (C=O) groups is 1. The third-order valence-corrected chi connectivity index (χ3v) is 2.21. The molecule has 0 fully saturated rings. The van der Waals surface area contributed by atoms with Crippen molar-refractivity contribution in [2.24, 2.45) is 0 Å². The van der Waals surface area contributed by atoms with Crippen LogP contribution >= 0.6 is 0 Å². The van der Waals surface area contributed by atoms with Crippen molar-refractivity contribution in [3.05, 3.63) is 46.4 Å². The summed E-state index contributed by atoms with van der Waals surface area (Å²) in [6.07, 6.45) is 0. The summed E-state index contributed by atoms with van der Waals surface area (Å²) in [4.78, 5) is 23.0. The highest BCUT2D eigenvalue weighted by Crippen LogP contribution is 2.14. The Kier molecular flexibility index (Phi) is 3.18. The first-order valence-corrected chi connectivity index (χ1v) is 5.28. The Balaban J connectivity index is 2.05. The number of aromatic nitrogens is 1. The number of nitrogens with two attached hydrogens (primary N) is 1. The molecule has 94 valence electrons. The molecule has 2 N–H and O–H groups in total. The van der Waals surface area contributed by atoms with E-state index in [2.05, 4.69) is 0 Å². The maximum Gasteiger partial charge on any atom is 0.300 e. The molecule has 0 bridgehead atoms. The number of nitrogens with zero attached hydrogens (tertiary/aromatic N) is 1. The van der Waals surface area contributed by atoms with Crippen LogP contribution in [0.25, 0.3) is 0 Å². The lowest BCUT2D eigenvalue weighted by molar-refractivity contribution is 0.0703. The maximum atomic E-state index is 11.7. The van der Waals surface area contributed by atoms with E-state index in [4.69, 9.17) is 15.0 Å². The molecular weight excluding hydrogens is 236 g/mol. The molecule has 2 aromatic rings. The van der Waals surface area contributed by atoms with Crippen LogP contribution in [0.5, 0.6) is 5.75 Å². The van der Waals surface area contributed by atoms with E-state index >= 15 is 0 Å². The minimum absolute atomic E-state index is 0.295. The molecule has 0 amide bonds. The first-order valence-electron chi connectivity index (χ1n) is 5.28. The molecule has 6 nitrogen and oxygen atoms in total. The Hall–Kier alpha value is -2.50. The number of rotatable bonds is 3. The van der Waals surface area contributed by atoms with Gasteiger partial charge in [-0.25, -0.2) is 0 Å². The number of anilines is 1. The van der Waals surface area contributed by atoms with Crippen LogP contribution in [0.15, 0.2) is 39.6 Å². The first kappa shape index (κ1) is 12.0. The summed E-state index contributed by atoms with van der Waals surface area (Å²) in [5.41, 5.74) is 5.59. The van der Waals surface area contributed by atoms with Crippen LogP contribution in [0.3, 0.4) is 0 Å². The van der Waals surface area contributed by atoms with Crippen molar-refractivity contribution in [3.63, 3.8) is 0 Å². The average Bonchev–Trinajstić information content (AvgIpc) is 2.66. The highest BCUT2D eigenvalue weighted by molar-refractivity contribution is 5.78. The Bertz CT molecular complexity index is 627. The molecular formula is C12H12N2O4. The highest BCUT2D eigenvalue weighted by Gasteiger charge is 2.12. The number of nitrogen functional groups attached to an aromatic ring is 1. The summed E-state index contributed by atoms with van der Waals surface area (Å²) < 4.78 is 10.8. The van der Waals surface area contributed by atoms with Crippen LogP contribution in [0, 0.1) is 6.92 Å². The van der Waals surface area contributed by atoms with Gasteiger partial charge in [0.1, 0.15) is 11.5 Å². The normalized spacial score (nSPS) is 10.3. The number of benzene rings is 1. The molecule has 6 heteroatoms. The lowest BCUT2D eigenvalue weighted by atomic mass is 10.3. The summed E-state index contributed by atoms with van der Waals surface area (Å²) in [5.74, 6) is 0.257. The minimum Gasteiger partial charge on any atom is -0.484 e. The third-order valence-electron chi connectivity index (χ3n) is 2.21. The number of hydrogen-bond donors (Lipinski definition) is 1.